The molecule has 1 heterocycles. The third-order valence-electron chi connectivity index (χ3n) is 3.64. The average molecular weight is 258 g/mol. The molecular weight excluding hydrogens is 240 g/mol. The van der Waals surface area contributed by atoms with Gasteiger partial charge in [-0.15, -0.1) is 5.10 Å². The topological polar surface area (TPSA) is 81.6 Å². The van der Waals surface area contributed by atoms with Crippen molar-refractivity contribution in [2.24, 2.45) is 5.73 Å². The minimum Gasteiger partial charge on any atom is -0.382 e. The maximum atomic E-state index is 5.93. The summed E-state index contributed by atoms with van der Waals surface area (Å²) in [5.74, 6) is 0. The zero-order chi connectivity index (χ0) is 13.2. The highest BCUT2D eigenvalue weighted by molar-refractivity contribution is 5.53. The van der Waals surface area contributed by atoms with E-state index in [4.69, 9.17) is 5.73 Å². The van der Waals surface area contributed by atoms with Crippen molar-refractivity contribution in [3.8, 4) is 5.69 Å². The molecule has 1 aliphatic rings. The van der Waals surface area contributed by atoms with E-state index < -0.39 is 0 Å². The average Bonchev–Trinajstić information content (AvgIpc) is 3.01. The summed E-state index contributed by atoms with van der Waals surface area (Å²) in [4.78, 5) is 0. The Balaban J connectivity index is 1.76. The number of nitrogens with zero attached hydrogens (tertiary/aromatic N) is 4. The van der Waals surface area contributed by atoms with E-state index in [0.717, 1.165) is 36.2 Å². The number of anilines is 1. The quantitative estimate of drug-likeness (QED) is 0.866. The van der Waals surface area contributed by atoms with Crippen LogP contribution in [0.4, 0.5) is 5.69 Å². The van der Waals surface area contributed by atoms with E-state index in [0.29, 0.717) is 12.1 Å². The summed E-state index contributed by atoms with van der Waals surface area (Å²) in [5, 5.41) is 14.8. The number of nitrogens with one attached hydrogen (secondary N) is 1. The molecule has 0 radical (unpaired) electrons. The second-order valence-electron chi connectivity index (χ2n) is 5.17. The normalized spacial score (nSPS) is 22.6. The lowest BCUT2D eigenvalue weighted by atomic mass is 10.1. The van der Waals surface area contributed by atoms with Crippen LogP contribution < -0.4 is 11.1 Å². The summed E-state index contributed by atoms with van der Waals surface area (Å²) < 4.78 is 1.67. The van der Waals surface area contributed by atoms with Gasteiger partial charge in [-0.2, -0.15) is 0 Å². The SMILES string of the molecule is Cc1cc(NC2CCC(N)C2)ccc1-n1cnnn1. The summed E-state index contributed by atoms with van der Waals surface area (Å²) >= 11 is 0. The molecule has 100 valence electrons. The predicted molar refractivity (Wildman–Crippen MR) is 73.1 cm³/mol. The molecule has 6 heteroatoms. The molecule has 19 heavy (non-hydrogen) atoms. The summed E-state index contributed by atoms with van der Waals surface area (Å²) in [5.41, 5.74) is 9.20. The predicted octanol–water partition coefficient (Wildman–Crippen LogP) is 1.26. The summed E-state index contributed by atoms with van der Waals surface area (Å²) in [7, 11) is 0. The van der Waals surface area contributed by atoms with Gasteiger partial charge in [-0.3, -0.25) is 0 Å². The van der Waals surface area contributed by atoms with E-state index in [2.05, 4.69) is 39.9 Å². The summed E-state index contributed by atoms with van der Waals surface area (Å²) in [6, 6.07) is 7.06. The molecule has 2 atom stereocenters. The molecule has 1 aliphatic carbocycles. The van der Waals surface area contributed by atoms with Crippen LogP contribution in [0.2, 0.25) is 0 Å². The first-order valence-electron chi connectivity index (χ1n) is 6.58. The van der Waals surface area contributed by atoms with Gasteiger partial charge in [0.15, 0.2) is 0 Å². The van der Waals surface area contributed by atoms with E-state index in [1.54, 1.807) is 11.0 Å². The van der Waals surface area contributed by atoms with E-state index in [-0.39, 0.29) is 0 Å². The number of tetrazole rings is 1. The smallest absolute Gasteiger partial charge is 0.143 e. The van der Waals surface area contributed by atoms with Crippen LogP contribution in [0.15, 0.2) is 24.5 Å². The molecule has 0 bridgehead atoms. The molecule has 1 aromatic carbocycles. The number of aromatic nitrogens is 4. The molecule has 0 aliphatic heterocycles. The first kappa shape index (κ1) is 12.1. The first-order valence-corrected chi connectivity index (χ1v) is 6.58. The maximum Gasteiger partial charge on any atom is 0.143 e. The van der Waals surface area contributed by atoms with Crippen molar-refractivity contribution in [1.29, 1.82) is 0 Å². The molecule has 6 nitrogen and oxygen atoms in total. The Hall–Kier alpha value is -1.95. The van der Waals surface area contributed by atoms with Gasteiger partial charge in [-0.1, -0.05) is 0 Å². The second-order valence-corrected chi connectivity index (χ2v) is 5.17. The van der Waals surface area contributed by atoms with Crippen molar-refractivity contribution in [3.63, 3.8) is 0 Å². The minimum absolute atomic E-state index is 0.346. The van der Waals surface area contributed by atoms with Gasteiger partial charge < -0.3 is 11.1 Å². The van der Waals surface area contributed by atoms with Gasteiger partial charge in [0.25, 0.3) is 0 Å². The number of nitrogens with two attached hydrogens (primary N) is 1. The Kier molecular flexibility index (Phi) is 3.16. The third kappa shape index (κ3) is 2.58. The number of benzene rings is 1. The monoisotopic (exact) mass is 258 g/mol. The maximum absolute atomic E-state index is 5.93. The van der Waals surface area contributed by atoms with Crippen molar-refractivity contribution in [3.05, 3.63) is 30.1 Å². The molecular formula is C13H18N6. The van der Waals surface area contributed by atoms with Crippen LogP contribution in [0.25, 0.3) is 5.69 Å². The van der Waals surface area contributed by atoms with Gasteiger partial charge in [-0.25, -0.2) is 4.68 Å². The van der Waals surface area contributed by atoms with Crippen molar-refractivity contribution < 1.29 is 0 Å². The molecule has 2 aromatic rings. The Morgan fingerprint density at radius 3 is 2.89 bits per heavy atom. The summed E-state index contributed by atoms with van der Waals surface area (Å²) in [6.07, 6.45) is 4.91. The number of hydrogen-bond acceptors (Lipinski definition) is 5. The van der Waals surface area contributed by atoms with Gasteiger partial charge in [0.2, 0.25) is 0 Å². The minimum atomic E-state index is 0.346. The van der Waals surface area contributed by atoms with Gasteiger partial charge in [0.05, 0.1) is 5.69 Å². The van der Waals surface area contributed by atoms with Crippen molar-refractivity contribution in [1.82, 2.24) is 20.2 Å². The molecule has 1 saturated carbocycles. The lowest BCUT2D eigenvalue weighted by Crippen LogP contribution is -2.20. The largest absolute Gasteiger partial charge is 0.382 e. The van der Waals surface area contributed by atoms with Crippen LogP contribution in [-0.2, 0) is 0 Å². The second kappa shape index (κ2) is 4.97. The first-order chi connectivity index (χ1) is 9.22. The van der Waals surface area contributed by atoms with E-state index >= 15 is 0 Å². The van der Waals surface area contributed by atoms with Gasteiger partial charge in [-0.05, 0) is 60.4 Å². The molecule has 1 aromatic heterocycles. The van der Waals surface area contributed by atoms with Crippen LogP contribution in [-0.4, -0.2) is 32.3 Å². The van der Waals surface area contributed by atoms with Gasteiger partial charge in [0, 0.05) is 17.8 Å². The van der Waals surface area contributed by atoms with Crippen molar-refractivity contribution in [2.75, 3.05) is 5.32 Å². The molecule has 0 amide bonds. The Labute approximate surface area is 112 Å². The van der Waals surface area contributed by atoms with Crippen molar-refractivity contribution in [2.45, 2.75) is 38.3 Å². The third-order valence-corrected chi connectivity index (χ3v) is 3.64. The molecule has 1 fully saturated rings. The highest BCUT2D eigenvalue weighted by Crippen LogP contribution is 2.24. The number of rotatable bonds is 3. The fraction of sp³-hybridized carbons (Fsp3) is 0.462. The standard InChI is InChI=1S/C13H18N6/c1-9-6-11(16-12-3-2-10(14)7-12)4-5-13(9)19-8-15-17-18-19/h4-6,8,10,12,16H,2-3,7,14H2,1H3. The number of aryl methyl sites for hydroxylation is 1. The highest BCUT2D eigenvalue weighted by Gasteiger charge is 2.21. The highest BCUT2D eigenvalue weighted by atomic mass is 15.5. The van der Waals surface area contributed by atoms with Crippen molar-refractivity contribution >= 4 is 5.69 Å². The molecule has 0 spiro atoms. The lowest BCUT2D eigenvalue weighted by molar-refractivity contribution is 0.688. The van der Waals surface area contributed by atoms with E-state index in [9.17, 15) is 0 Å². The fourth-order valence-corrected chi connectivity index (χ4v) is 2.66. The van der Waals surface area contributed by atoms with Crippen LogP contribution in [0.5, 0.6) is 0 Å². The molecule has 2 unspecified atom stereocenters. The Morgan fingerprint density at radius 1 is 1.37 bits per heavy atom. The Morgan fingerprint density at radius 2 is 2.26 bits per heavy atom. The zero-order valence-corrected chi connectivity index (χ0v) is 11.0. The zero-order valence-electron chi connectivity index (χ0n) is 11.0. The lowest BCUT2D eigenvalue weighted by Gasteiger charge is -2.15. The fourth-order valence-electron chi connectivity index (χ4n) is 2.66. The molecule has 3 rings (SSSR count). The summed E-state index contributed by atoms with van der Waals surface area (Å²) in [6.45, 7) is 2.06. The Bertz CT molecular complexity index is 550. The molecule has 3 N–H and O–H groups in total. The van der Waals surface area contributed by atoms with Gasteiger partial charge >= 0.3 is 0 Å². The van der Waals surface area contributed by atoms with Crippen LogP contribution >= 0.6 is 0 Å². The van der Waals surface area contributed by atoms with Crippen LogP contribution in [0, 0.1) is 6.92 Å². The van der Waals surface area contributed by atoms with Crippen LogP contribution in [0.1, 0.15) is 24.8 Å². The van der Waals surface area contributed by atoms with Gasteiger partial charge in [0.1, 0.15) is 6.33 Å². The number of hydrogen-bond donors (Lipinski definition) is 2. The van der Waals surface area contributed by atoms with E-state index in [1.807, 2.05) is 6.07 Å². The molecule has 0 saturated heterocycles. The van der Waals surface area contributed by atoms with E-state index in [1.165, 1.54) is 0 Å². The van der Waals surface area contributed by atoms with Crippen LogP contribution in [0.3, 0.4) is 0 Å².